The van der Waals surface area contributed by atoms with Crippen LogP contribution in [-0.4, -0.2) is 13.1 Å². The van der Waals surface area contributed by atoms with Crippen LogP contribution in [0, 0.1) is 0 Å². The summed E-state index contributed by atoms with van der Waals surface area (Å²) >= 11 is 0. The van der Waals surface area contributed by atoms with Crippen LogP contribution in [0.4, 0.5) is 0 Å². The molecule has 2 aromatic heterocycles. The van der Waals surface area contributed by atoms with Gasteiger partial charge in [-0.05, 0) is 42.5 Å². The minimum absolute atomic E-state index is 0.324. The predicted molar refractivity (Wildman–Crippen MR) is 116 cm³/mol. The SMILES string of the molecule is COc1cccc2cc(-c3cc(=O)oc4ccc(OC(=O)c5ccccc5)cc34)oc12. The van der Waals surface area contributed by atoms with Crippen molar-refractivity contribution in [2.75, 3.05) is 7.11 Å². The fourth-order valence-electron chi connectivity index (χ4n) is 3.48. The first-order valence-electron chi connectivity index (χ1n) is 9.54. The van der Waals surface area contributed by atoms with Gasteiger partial charge in [0.2, 0.25) is 0 Å². The normalized spacial score (nSPS) is 11.0. The zero-order valence-electron chi connectivity index (χ0n) is 16.5. The number of esters is 1. The van der Waals surface area contributed by atoms with Crippen molar-refractivity contribution in [2.24, 2.45) is 0 Å². The molecule has 0 bridgehead atoms. The third kappa shape index (κ3) is 3.44. The highest BCUT2D eigenvalue weighted by Crippen LogP contribution is 2.36. The number of para-hydroxylation sites is 1. The molecule has 0 aliphatic carbocycles. The van der Waals surface area contributed by atoms with Gasteiger partial charge in [-0.1, -0.05) is 30.3 Å². The van der Waals surface area contributed by atoms with Crippen LogP contribution in [0.5, 0.6) is 11.5 Å². The van der Waals surface area contributed by atoms with Crippen LogP contribution in [-0.2, 0) is 0 Å². The van der Waals surface area contributed by atoms with Gasteiger partial charge in [-0.25, -0.2) is 9.59 Å². The monoisotopic (exact) mass is 412 g/mol. The molecule has 0 fully saturated rings. The summed E-state index contributed by atoms with van der Waals surface area (Å²) in [4.78, 5) is 24.6. The Bertz CT molecular complexity index is 1480. The molecule has 5 rings (SSSR count). The van der Waals surface area contributed by atoms with Crippen LogP contribution in [0.15, 0.2) is 92.5 Å². The molecule has 31 heavy (non-hydrogen) atoms. The Hall–Kier alpha value is -4.32. The molecule has 0 radical (unpaired) electrons. The van der Waals surface area contributed by atoms with E-state index in [0.717, 1.165) is 5.39 Å². The molecule has 0 saturated carbocycles. The van der Waals surface area contributed by atoms with Crippen LogP contribution in [0.3, 0.4) is 0 Å². The summed E-state index contributed by atoms with van der Waals surface area (Å²) in [5.41, 5.74) is 1.39. The van der Waals surface area contributed by atoms with E-state index < -0.39 is 11.6 Å². The maximum absolute atomic E-state index is 12.4. The van der Waals surface area contributed by atoms with Crippen LogP contribution in [0.2, 0.25) is 0 Å². The Balaban J connectivity index is 1.62. The van der Waals surface area contributed by atoms with E-state index in [4.69, 9.17) is 18.3 Å². The minimum Gasteiger partial charge on any atom is -0.493 e. The zero-order chi connectivity index (χ0) is 21.4. The maximum atomic E-state index is 12.4. The number of ether oxygens (including phenoxy) is 2. The van der Waals surface area contributed by atoms with Crippen molar-refractivity contribution in [1.82, 2.24) is 0 Å². The first-order valence-corrected chi connectivity index (χ1v) is 9.54. The van der Waals surface area contributed by atoms with Gasteiger partial charge in [0.25, 0.3) is 0 Å². The van der Waals surface area contributed by atoms with E-state index >= 15 is 0 Å². The lowest BCUT2D eigenvalue weighted by Crippen LogP contribution is -2.08. The van der Waals surface area contributed by atoms with Gasteiger partial charge in [0, 0.05) is 22.4 Å². The largest absolute Gasteiger partial charge is 0.493 e. The van der Waals surface area contributed by atoms with Crippen molar-refractivity contribution in [2.45, 2.75) is 0 Å². The molecule has 3 aromatic carbocycles. The standard InChI is InChI=1S/C25H16O6/c1-28-21-9-5-8-16-12-22(31-24(16)21)19-14-23(26)30-20-11-10-17(13-18(19)20)29-25(27)15-6-3-2-4-7-15/h2-14H,1H3. The van der Waals surface area contributed by atoms with E-state index in [9.17, 15) is 9.59 Å². The number of benzene rings is 3. The maximum Gasteiger partial charge on any atom is 0.343 e. The highest BCUT2D eigenvalue weighted by molar-refractivity contribution is 5.97. The first kappa shape index (κ1) is 18.7. The summed E-state index contributed by atoms with van der Waals surface area (Å²) < 4.78 is 22.2. The minimum atomic E-state index is -0.510. The summed E-state index contributed by atoms with van der Waals surface area (Å²) in [6.45, 7) is 0. The van der Waals surface area contributed by atoms with Crippen molar-refractivity contribution in [3.05, 3.63) is 94.8 Å². The molecule has 152 valence electrons. The average Bonchev–Trinajstić information content (AvgIpc) is 3.23. The third-order valence-electron chi connectivity index (χ3n) is 4.93. The number of hydrogen-bond donors (Lipinski definition) is 0. The van der Waals surface area contributed by atoms with Crippen LogP contribution >= 0.6 is 0 Å². The zero-order valence-corrected chi connectivity index (χ0v) is 16.5. The molecule has 5 aromatic rings. The molecule has 0 saturated heterocycles. The summed E-state index contributed by atoms with van der Waals surface area (Å²) in [6, 6.07) is 22.3. The fourth-order valence-corrected chi connectivity index (χ4v) is 3.48. The van der Waals surface area contributed by atoms with Gasteiger partial charge in [0.05, 0.1) is 12.7 Å². The van der Waals surface area contributed by atoms with Crippen LogP contribution in [0.1, 0.15) is 10.4 Å². The fraction of sp³-hybridized carbons (Fsp3) is 0.0400. The van der Waals surface area contributed by atoms with Gasteiger partial charge in [-0.3, -0.25) is 0 Å². The number of rotatable bonds is 4. The summed E-state index contributed by atoms with van der Waals surface area (Å²) in [7, 11) is 1.57. The van der Waals surface area contributed by atoms with Gasteiger partial charge < -0.3 is 18.3 Å². The molecule has 0 aliphatic heterocycles. The molecule has 0 atom stereocenters. The van der Waals surface area contributed by atoms with Crippen molar-refractivity contribution in [3.8, 4) is 22.8 Å². The highest BCUT2D eigenvalue weighted by atomic mass is 16.5. The second kappa shape index (κ2) is 7.50. The average molecular weight is 412 g/mol. The van der Waals surface area contributed by atoms with E-state index in [0.29, 0.717) is 44.9 Å². The van der Waals surface area contributed by atoms with Gasteiger partial charge in [-0.15, -0.1) is 0 Å². The van der Waals surface area contributed by atoms with Gasteiger partial charge in [-0.2, -0.15) is 0 Å². The van der Waals surface area contributed by atoms with E-state index in [1.54, 1.807) is 55.6 Å². The molecule has 0 unspecified atom stereocenters. The number of methoxy groups -OCH3 is 1. The lowest BCUT2D eigenvalue weighted by Gasteiger charge is -2.07. The topological polar surface area (TPSA) is 78.9 Å². The molecule has 6 nitrogen and oxygen atoms in total. The summed E-state index contributed by atoms with van der Waals surface area (Å²) in [5, 5.41) is 1.42. The molecule has 0 amide bonds. The molecular weight excluding hydrogens is 396 g/mol. The van der Waals surface area contributed by atoms with Crippen molar-refractivity contribution >= 4 is 27.9 Å². The molecular formula is C25H16O6. The first-order chi connectivity index (χ1) is 15.1. The molecule has 2 heterocycles. The Labute approximate surface area is 176 Å². The van der Waals surface area contributed by atoms with E-state index in [-0.39, 0.29) is 0 Å². The third-order valence-corrected chi connectivity index (χ3v) is 4.93. The van der Waals surface area contributed by atoms with Crippen molar-refractivity contribution < 1.29 is 23.1 Å². The summed E-state index contributed by atoms with van der Waals surface area (Å²) in [6.07, 6.45) is 0. The quantitative estimate of drug-likeness (QED) is 0.222. The second-order valence-electron chi connectivity index (χ2n) is 6.88. The van der Waals surface area contributed by atoms with Gasteiger partial charge in [0.1, 0.15) is 17.1 Å². The van der Waals surface area contributed by atoms with E-state index in [1.807, 2.05) is 24.3 Å². The number of carbonyl (C=O) groups excluding carboxylic acids is 1. The van der Waals surface area contributed by atoms with Gasteiger partial charge in [0.15, 0.2) is 11.3 Å². The Morgan fingerprint density at radius 3 is 2.52 bits per heavy atom. The lowest BCUT2D eigenvalue weighted by atomic mass is 10.1. The van der Waals surface area contributed by atoms with Crippen molar-refractivity contribution in [1.29, 1.82) is 0 Å². The number of hydrogen-bond acceptors (Lipinski definition) is 6. The Morgan fingerprint density at radius 1 is 0.871 bits per heavy atom. The molecule has 0 spiro atoms. The predicted octanol–water partition coefficient (Wildman–Crippen LogP) is 5.43. The highest BCUT2D eigenvalue weighted by Gasteiger charge is 2.16. The number of carbonyl (C=O) groups is 1. The van der Waals surface area contributed by atoms with E-state index in [2.05, 4.69) is 0 Å². The Kier molecular flexibility index (Phi) is 4.52. The second-order valence-corrected chi connectivity index (χ2v) is 6.88. The molecule has 0 aliphatic rings. The summed E-state index contributed by atoms with van der Waals surface area (Å²) in [5.74, 6) is 0.912. The van der Waals surface area contributed by atoms with Crippen molar-refractivity contribution in [3.63, 3.8) is 0 Å². The smallest absolute Gasteiger partial charge is 0.343 e. The van der Waals surface area contributed by atoms with E-state index in [1.165, 1.54) is 6.07 Å². The number of furan rings is 1. The van der Waals surface area contributed by atoms with Crippen LogP contribution < -0.4 is 15.1 Å². The van der Waals surface area contributed by atoms with Gasteiger partial charge >= 0.3 is 11.6 Å². The molecule has 0 N–H and O–H groups in total. The lowest BCUT2D eigenvalue weighted by molar-refractivity contribution is 0.0735. The number of fused-ring (bicyclic) bond motifs is 2. The van der Waals surface area contributed by atoms with Crippen LogP contribution in [0.25, 0.3) is 33.3 Å². The Morgan fingerprint density at radius 2 is 1.71 bits per heavy atom. The molecule has 6 heteroatoms.